The van der Waals surface area contributed by atoms with E-state index in [1.165, 1.54) is 11.8 Å². The summed E-state index contributed by atoms with van der Waals surface area (Å²) in [5.74, 6) is 0.0248. The number of amides is 2. The van der Waals surface area contributed by atoms with Crippen molar-refractivity contribution >= 4 is 46.6 Å². The van der Waals surface area contributed by atoms with Crippen LogP contribution >= 0.6 is 23.4 Å². The minimum absolute atomic E-state index is 0.0709. The van der Waals surface area contributed by atoms with Gasteiger partial charge >= 0.3 is 0 Å². The number of thioether (sulfide) groups is 1. The Kier molecular flexibility index (Phi) is 5.74. The molecule has 146 valence electrons. The zero-order valence-electron chi connectivity index (χ0n) is 15.2. The van der Waals surface area contributed by atoms with Gasteiger partial charge in [0.15, 0.2) is 6.61 Å². The summed E-state index contributed by atoms with van der Waals surface area (Å²) in [6.45, 7) is -0.0709. The molecule has 5 nitrogen and oxygen atoms in total. The van der Waals surface area contributed by atoms with Crippen LogP contribution in [0.25, 0.3) is 0 Å². The van der Waals surface area contributed by atoms with E-state index in [9.17, 15) is 9.59 Å². The molecule has 3 aromatic rings. The molecule has 2 N–H and O–H groups in total. The lowest BCUT2D eigenvalue weighted by Gasteiger charge is -2.21. The van der Waals surface area contributed by atoms with Crippen LogP contribution in [-0.4, -0.2) is 18.4 Å². The standard InChI is InChI=1S/C22H17ClN2O3S/c23-16-11-18-19(28-13-20(26)24-18)12-17(16)25-22(27)21(14-7-3-1-4-8-14)29-15-9-5-2-6-10-15/h1-12,21H,13H2,(H,24,26)(H,25,27). The first-order valence-electron chi connectivity index (χ1n) is 8.94. The molecule has 0 spiro atoms. The SMILES string of the molecule is O=C1COc2cc(NC(=O)C(Sc3ccccc3)c3ccccc3)c(Cl)cc2N1. The molecule has 0 saturated heterocycles. The molecule has 1 atom stereocenters. The van der Waals surface area contributed by atoms with Crippen LogP contribution in [-0.2, 0) is 9.59 Å². The van der Waals surface area contributed by atoms with Crippen LogP contribution in [0.4, 0.5) is 11.4 Å². The van der Waals surface area contributed by atoms with Crippen molar-refractivity contribution in [2.24, 2.45) is 0 Å². The van der Waals surface area contributed by atoms with Crippen molar-refractivity contribution in [1.82, 2.24) is 0 Å². The van der Waals surface area contributed by atoms with Gasteiger partial charge in [-0.15, -0.1) is 11.8 Å². The van der Waals surface area contributed by atoms with Crippen molar-refractivity contribution in [1.29, 1.82) is 0 Å². The Morgan fingerprint density at radius 2 is 1.76 bits per heavy atom. The molecule has 0 fully saturated rings. The molecule has 1 heterocycles. The second-order valence-corrected chi connectivity index (χ2v) is 7.96. The van der Waals surface area contributed by atoms with Crippen molar-refractivity contribution in [3.8, 4) is 5.75 Å². The Labute approximate surface area is 177 Å². The van der Waals surface area contributed by atoms with E-state index in [0.29, 0.717) is 22.1 Å². The molecular weight excluding hydrogens is 408 g/mol. The van der Waals surface area contributed by atoms with Crippen LogP contribution < -0.4 is 15.4 Å². The van der Waals surface area contributed by atoms with E-state index in [2.05, 4.69) is 10.6 Å². The number of anilines is 2. The predicted octanol–water partition coefficient (Wildman–Crippen LogP) is 5.14. The molecule has 0 radical (unpaired) electrons. The Bertz CT molecular complexity index is 1040. The fraction of sp³-hybridized carbons (Fsp3) is 0.0909. The summed E-state index contributed by atoms with van der Waals surface area (Å²) in [4.78, 5) is 25.6. The third-order valence-corrected chi connectivity index (χ3v) is 5.88. The first-order chi connectivity index (χ1) is 14.1. The Balaban J connectivity index is 1.61. The molecule has 2 amide bonds. The third-order valence-electron chi connectivity index (χ3n) is 4.30. The van der Waals surface area contributed by atoms with Crippen LogP contribution in [0.15, 0.2) is 77.7 Å². The quantitative estimate of drug-likeness (QED) is 0.556. The van der Waals surface area contributed by atoms with E-state index in [0.717, 1.165) is 10.5 Å². The van der Waals surface area contributed by atoms with Gasteiger partial charge in [0.2, 0.25) is 5.91 Å². The van der Waals surface area contributed by atoms with Gasteiger partial charge in [0.1, 0.15) is 11.0 Å². The average Bonchev–Trinajstić information content (AvgIpc) is 2.74. The van der Waals surface area contributed by atoms with Gasteiger partial charge in [-0.05, 0) is 23.8 Å². The number of carbonyl (C=O) groups excluding carboxylic acids is 2. The topological polar surface area (TPSA) is 67.4 Å². The summed E-state index contributed by atoms with van der Waals surface area (Å²) in [6, 6.07) is 22.5. The smallest absolute Gasteiger partial charge is 0.262 e. The largest absolute Gasteiger partial charge is 0.482 e. The van der Waals surface area contributed by atoms with Gasteiger partial charge in [-0.2, -0.15) is 0 Å². The predicted molar refractivity (Wildman–Crippen MR) is 116 cm³/mol. The lowest BCUT2D eigenvalue weighted by atomic mass is 10.1. The second-order valence-electron chi connectivity index (χ2n) is 6.38. The van der Waals surface area contributed by atoms with Crippen molar-refractivity contribution in [3.05, 3.63) is 83.4 Å². The molecule has 3 aromatic carbocycles. The van der Waals surface area contributed by atoms with Crippen LogP contribution in [0.1, 0.15) is 10.8 Å². The highest BCUT2D eigenvalue weighted by Gasteiger charge is 2.24. The third kappa shape index (κ3) is 4.55. The normalized spacial score (nSPS) is 13.6. The summed E-state index contributed by atoms with van der Waals surface area (Å²) < 4.78 is 5.43. The number of benzene rings is 3. The molecule has 7 heteroatoms. The van der Waals surface area contributed by atoms with E-state index in [4.69, 9.17) is 16.3 Å². The van der Waals surface area contributed by atoms with Crippen LogP contribution in [0, 0.1) is 0 Å². The molecule has 0 aromatic heterocycles. The molecule has 4 rings (SSSR count). The molecule has 0 bridgehead atoms. The van der Waals surface area contributed by atoms with Gasteiger partial charge in [0.05, 0.1) is 16.4 Å². The van der Waals surface area contributed by atoms with Crippen molar-refractivity contribution in [2.45, 2.75) is 10.1 Å². The highest BCUT2D eigenvalue weighted by Crippen LogP contribution is 2.39. The number of nitrogens with one attached hydrogen (secondary N) is 2. The fourth-order valence-electron chi connectivity index (χ4n) is 2.93. The van der Waals surface area contributed by atoms with E-state index in [1.54, 1.807) is 12.1 Å². The number of ether oxygens (including phenoxy) is 1. The van der Waals surface area contributed by atoms with Gasteiger partial charge in [0, 0.05) is 11.0 Å². The highest BCUT2D eigenvalue weighted by atomic mass is 35.5. The van der Waals surface area contributed by atoms with Gasteiger partial charge in [-0.3, -0.25) is 9.59 Å². The van der Waals surface area contributed by atoms with Gasteiger partial charge in [-0.25, -0.2) is 0 Å². The molecule has 0 saturated carbocycles. The average molecular weight is 425 g/mol. The second kappa shape index (κ2) is 8.59. The Hall–Kier alpha value is -2.96. The Morgan fingerprint density at radius 3 is 2.48 bits per heavy atom. The number of rotatable bonds is 5. The number of hydrogen-bond donors (Lipinski definition) is 2. The van der Waals surface area contributed by atoms with Crippen molar-refractivity contribution < 1.29 is 14.3 Å². The maximum absolute atomic E-state index is 13.2. The van der Waals surface area contributed by atoms with E-state index >= 15 is 0 Å². The number of carbonyl (C=O) groups is 2. The lowest BCUT2D eigenvalue weighted by molar-refractivity contribution is -0.118. The van der Waals surface area contributed by atoms with Gasteiger partial charge < -0.3 is 15.4 Å². The summed E-state index contributed by atoms with van der Waals surface area (Å²) >= 11 is 7.80. The van der Waals surface area contributed by atoms with E-state index in [-0.39, 0.29) is 18.4 Å². The maximum Gasteiger partial charge on any atom is 0.262 e. The zero-order valence-corrected chi connectivity index (χ0v) is 16.8. The molecule has 1 aliphatic heterocycles. The maximum atomic E-state index is 13.2. The van der Waals surface area contributed by atoms with Crippen LogP contribution in [0.2, 0.25) is 5.02 Å². The van der Waals surface area contributed by atoms with Crippen molar-refractivity contribution in [2.75, 3.05) is 17.2 Å². The van der Waals surface area contributed by atoms with Crippen molar-refractivity contribution in [3.63, 3.8) is 0 Å². The first kappa shape index (κ1) is 19.4. The van der Waals surface area contributed by atoms with Crippen LogP contribution in [0.5, 0.6) is 5.75 Å². The zero-order chi connectivity index (χ0) is 20.2. The summed E-state index contributed by atoms with van der Waals surface area (Å²) in [7, 11) is 0. The fourth-order valence-corrected chi connectivity index (χ4v) is 4.19. The molecule has 1 unspecified atom stereocenters. The highest BCUT2D eigenvalue weighted by molar-refractivity contribution is 8.00. The minimum Gasteiger partial charge on any atom is -0.482 e. The Morgan fingerprint density at radius 1 is 1.07 bits per heavy atom. The number of hydrogen-bond acceptors (Lipinski definition) is 4. The number of fused-ring (bicyclic) bond motifs is 1. The van der Waals surface area contributed by atoms with E-state index < -0.39 is 5.25 Å². The monoisotopic (exact) mass is 424 g/mol. The molecule has 0 aliphatic carbocycles. The number of halogens is 1. The summed E-state index contributed by atoms with van der Waals surface area (Å²) in [5.41, 5.74) is 1.81. The lowest BCUT2D eigenvalue weighted by Crippen LogP contribution is -2.25. The van der Waals surface area contributed by atoms with E-state index in [1.807, 2.05) is 60.7 Å². The molecule has 29 heavy (non-hydrogen) atoms. The van der Waals surface area contributed by atoms with Gasteiger partial charge in [0.25, 0.3) is 5.91 Å². The summed E-state index contributed by atoms with van der Waals surface area (Å²) in [6.07, 6.45) is 0. The van der Waals surface area contributed by atoms with Gasteiger partial charge in [-0.1, -0.05) is 60.1 Å². The molecule has 1 aliphatic rings. The molecular formula is C22H17ClN2O3S. The first-order valence-corrected chi connectivity index (χ1v) is 10.2. The summed E-state index contributed by atoms with van der Waals surface area (Å²) in [5, 5.41) is 5.46. The minimum atomic E-state index is -0.466. The van der Waals surface area contributed by atoms with Crippen LogP contribution in [0.3, 0.4) is 0 Å².